The Morgan fingerprint density at radius 2 is 2.00 bits per heavy atom. The summed E-state index contributed by atoms with van der Waals surface area (Å²) in [6.07, 6.45) is 1.43. The maximum absolute atomic E-state index is 12.8. The zero-order valence-corrected chi connectivity index (χ0v) is 17.1. The molecule has 0 unspecified atom stereocenters. The molecule has 0 bridgehead atoms. The molecule has 5 N–H and O–H groups in total. The summed E-state index contributed by atoms with van der Waals surface area (Å²) in [6, 6.07) is 8.27. The van der Waals surface area contributed by atoms with Crippen LogP contribution >= 0.6 is 0 Å². The number of hydrogen-bond donors (Lipinski definition) is 4. The Kier molecular flexibility index (Phi) is 4.97. The number of ether oxygens (including phenoxy) is 1. The number of nitrogens with two attached hydrogens (primary N) is 1. The van der Waals surface area contributed by atoms with Crippen molar-refractivity contribution in [3.63, 3.8) is 0 Å². The van der Waals surface area contributed by atoms with E-state index < -0.39 is 22.2 Å². The second-order valence-corrected chi connectivity index (χ2v) is 9.09. The molecule has 0 saturated heterocycles. The molecule has 1 fully saturated rings. The van der Waals surface area contributed by atoms with Crippen LogP contribution in [-0.2, 0) is 10.0 Å². The molecule has 0 radical (unpaired) electrons. The Balaban J connectivity index is 1.73. The molecule has 8 nitrogen and oxygen atoms in total. The predicted octanol–water partition coefficient (Wildman–Crippen LogP) is 2.32. The van der Waals surface area contributed by atoms with Crippen molar-refractivity contribution in [2.24, 2.45) is 0 Å². The number of aromatic nitrogens is 2. The lowest BCUT2D eigenvalue weighted by molar-refractivity contribution is 0.159. The Hall–Kier alpha value is -2.62. The summed E-state index contributed by atoms with van der Waals surface area (Å²) in [7, 11) is -2.16. The Morgan fingerprint density at radius 3 is 2.66 bits per heavy atom. The van der Waals surface area contributed by atoms with Crippen LogP contribution in [0.1, 0.15) is 24.8 Å². The van der Waals surface area contributed by atoms with E-state index in [-0.39, 0.29) is 4.90 Å². The topological polar surface area (TPSA) is 130 Å². The zero-order valence-electron chi connectivity index (χ0n) is 16.3. The molecule has 2 aromatic carbocycles. The van der Waals surface area contributed by atoms with E-state index in [1.807, 2.05) is 19.1 Å². The third kappa shape index (κ3) is 3.45. The van der Waals surface area contributed by atoms with Gasteiger partial charge in [-0.05, 0) is 61.6 Å². The van der Waals surface area contributed by atoms with Crippen molar-refractivity contribution in [3.05, 3.63) is 35.9 Å². The zero-order chi connectivity index (χ0) is 20.8. The molecular weight excluding hydrogens is 392 g/mol. The minimum Gasteiger partial charge on any atom is -0.495 e. The van der Waals surface area contributed by atoms with Crippen LogP contribution in [-0.4, -0.2) is 43.0 Å². The maximum atomic E-state index is 12.8. The van der Waals surface area contributed by atoms with Crippen molar-refractivity contribution in [1.82, 2.24) is 14.9 Å². The molecule has 9 heteroatoms. The molecule has 154 valence electrons. The number of benzene rings is 2. The number of aliphatic hydroxyl groups excluding tert-OH is 1. The normalized spacial score (nSPS) is 19.7. The van der Waals surface area contributed by atoms with Gasteiger partial charge in [-0.1, -0.05) is 6.07 Å². The van der Waals surface area contributed by atoms with Gasteiger partial charge in [0.25, 0.3) is 0 Å². The van der Waals surface area contributed by atoms with Crippen molar-refractivity contribution in [2.45, 2.75) is 43.2 Å². The monoisotopic (exact) mass is 416 g/mol. The highest BCUT2D eigenvalue weighted by molar-refractivity contribution is 7.89. The smallest absolute Gasteiger partial charge is 0.240 e. The minimum absolute atomic E-state index is 0.167. The molecule has 1 aromatic heterocycles. The SMILES string of the molecule is COc1c(-c2ccc(S(=O)(=O)N[C@@H]3CCC[C@@H]3O)cc2C)ccc2[nH]nc(N)c12. The van der Waals surface area contributed by atoms with Gasteiger partial charge in [0.2, 0.25) is 10.0 Å². The second kappa shape index (κ2) is 7.33. The number of aromatic amines is 1. The summed E-state index contributed by atoms with van der Waals surface area (Å²) in [5.74, 6) is 0.925. The van der Waals surface area contributed by atoms with Crippen molar-refractivity contribution < 1.29 is 18.3 Å². The van der Waals surface area contributed by atoms with Gasteiger partial charge < -0.3 is 15.6 Å². The highest BCUT2D eigenvalue weighted by Gasteiger charge is 2.30. The second-order valence-electron chi connectivity index (χ2n) is 7.38. The van der Waals surface area contributed by atoms with E-state index in [4.69, 9.17) is 10.5 Å². The van der Waals surface area contributed by atoms with Gasteiger partial charge in [-0.2, -0.15) is 5.10 Å². The van der Waals surface area contributed by atoms with E-state index in [0.717, 1.165) is 28.6 Å². The number of hydrogen-bond acceptors (Lipinski definition) is 6. The van der Waals surface area contributed by atoms with Crippen LogP contribution in [0.2, 0.25) is 0 Å². The first-order valence-electron chi connectivity index (χ1n) is 9.44. The number of aliphatic hydroxyl groups is 1. The number of aryl methyl sites for hydroxylation is 1. The number of nitrogen functional groups attached to an aromatic ring is 1. The van der Waals surface area contributed by atoms with Crippen molar-refractivity contribution >= 4 is 26.7 Å². The molecule has 29 heavy (non-hydrogen) atoms. The largest absolute Gasteiger partial charge is 0.495 e. The molecule has 3 aromatic rings. The van der Waals surface area contributed by atoms with Crippen LogP contribution in [0.3, 0.4) is 0 Å². The number of nitrogens with zero attached hydrogens (tertiary/aromatic N) is 1. The highest BCUT2D eigenvalue weighted by Crippen LogP contribution is 2.40. The molecule has 0 amide bonds. The van der Waals surface area contributed by atoms with Gasteiger partial charge in [-0.3, -0.25) is 5.10 Å². The van der Waals surface area contributed by atoms with Gasteiger partial charge in [0.05, 0.1) is 29.0 Å². The lowest BCUT2D eigenvalue weighted by atomic mass is 9.98. The molecule has 1 saturated carbocycles. The first kappa shape index (κ1) is 19.7. The molecule has 1 heterocycles. The van der Waals surface area contributed by atoms with Gasteiger partial charge in [-0.25, -0.2) is 13.1 Å². The summed E-state index contributed by atoms with van der Waals surface area (Å²) in [5, 5.41) is 17.5. The van der Waals surface area contributed by atoms with E-state index in [1.54, 1.807) is 25.3 Å². The fraction of sp³-hybridized carbons (Fsp3) is 0.350. The molecule has 0 spiro atoms. The van der Waals surface area contributed by atoms with E-state index in [9.17, 15) is 13.5 Å². The van der Waals surface area contributed by atoms with Crippen LogP contribution in [0.5, 0.6) is 5.75 Å². The first-order valence-corrected chi connectivity index (χ1v) is 10.9. The minimum atomic E-state index is -3.72. The van der Waals surface area contributed by atoms with Gasteiger partial charge in [-0.15, -0.1) is 0 Å². The summed E-state index contributed by atoms with van der Waals surface area (Å²) in [6.45, 7) is 1.85. The third-order valence-corrected chi connectivity index (χ3v) is 6.99. The number of sulfonamides is 1. The number of methoxy groups -OCH3 is 1. The average Bonchev–Trinajstić information content (AvgIpc) is 3.26. The van der Waals surface area contributed by atoms with Crippen LogP contribution in [0, 0.1) is 6.92 Å². The van der Waals surface area contributed by atoms with Gasteiger partial charge in [0.15, 0.2) is 5.82 Å². The molecule has 2 atom stereocenters. The molecule has 1 aliphatic carbocycles. The number of fused-ring (bicyclic) bond motifs is 1. The summed E-state index contributed by atoms with van der Waals surface area (Å²) < 4.78 is 33.8. The number of nitrogens with one attached hydrogen (secondary N) is 2. The summed E-state index contributed by atoms with van der Waals surface area (Å²) in [4.78, 5) is 0.167. The first-order chi connectivity index (χ1) is 13.8. The van der Waals surface area contributed by atoms with E-state index >= 15 is 0 Å². The van der Waals surface area contributed by atoms with Gasteiger partial charge >= 0.3 is 0 Å². The number of H-pyrrole nitrogens is 1. The Bertz CT molecular complexity index is 1170. The fourth-order valence-corrected chi connectivity index (χ4v) is 5.37. The van der Waals surface area contributed by atoms with Gasteiger partial charge in [0, 0.05) is 11.6 Å². The molecule has 4 rings (SSSR count). The van der Waals surface area contributed by atoms with Crippen molar-refractivity contribution in [2.75, 3.05) is 12.8 Å². The van der Waals surface area contributed by atoms with Crippen LogP contribution in [0.4, 0.5) is 5.82 Å². The standard InChI is InChI=1S/C20H24N4O4S/c1-11-10-12(29(26,27)24-15-4-3-5-17(15)25)6-7-13(11)14-8-9-16-18(19(14)28-2)20(21)23-22-16/h6-10,15,17,24-25H,3-5H2,1-2H3,(H3,21,22,23)/t15-,17+/m1/s1. The van der Waals surface area contributed by atoms with Crippen LogP contribution in [0.25, 0.3) is 22.0 Å². The lowest BCUT2D eigenvalue weighted by Crippen LogP contribution is -2.39. The third-order valence-electron chi connectivity index (χ3n) is 5.50. The molecule has 1 aliphatic rings. The number of anilines is 1. The average molecular weight is 417 g/mol. The highest BCUT2D eigenvalue weighted by atomic mass is 32.2. The quantitative estimate of drug-likeness (QED) is 0.505. The maximum Gasteiger partial charge on any atom is 0.240 e. The molecular formula is C20H24N4O4S. The Morgan fingerprint density at radius 1 is 1.24 bits per heavy atom. The Labute approximate surface area is 169 Å². The lowest BCUT2D eigenvalue weighted by Gasteiger charge is -2.18. The fourth-order valence-electron chi connectivity index (χ4n) is 3.98. The van der Waals surface area contributed by atoms with Crippen LogP contribution < -0.4 is 15.2 Å². The van der Waals surface area contributed by atoms with E-state index in [2.05, 4.69) is 14.9 Å². The van der Waals surface area contributed by atoms with E-state index in [1.165, 1.54) is 0 Å². The van der Waals surface area contributed by atoms with E-state index in [0.29, 0.717) is 29.8 Å². The van der Waals surface area contributed by atoms with Crippen LogP contribution in [0.15, 0.2) is 35.2 Å². The summed E-state index contributed by atoms with van der Waals surface area (Å²) >= 11 is 0. The summed E-state index contributed by atoms with van der Waals surface area (Å²) in [5.41, 5.74) is 9.15. The predicted molar refractivity (Wildman–Crippen MR) is 111 cm³/mol. The van der Waals surface area contributed by atoms with Crippen molar-refractivity contribution in [1.29, 1.82) is 0 Å². The van der Waals surface area contributed by atoms with Gasteiger partial charge in [0.1, 0.15) is 5.75 Å². The molecule has 0 aliphatic heterocycles. The van der Waals surface area contributed by atoms with Crippen molar-refractivity contribution in [3.8, 4) is 16.9 Å². The number of rotatable bonds is 5.